The van der Waals surface area contributed by atoms with Crippen LogP contribution in [0.15, 0.2) is 11.6 Å². The molecule has 3 heteroatoms. The van der Waals surface area contributed by atoms with Crippen LogP contribution in [0, 0.1) is 17.2 Å². The van der Waals surface area contributed by atoms with Crippen molar-refractivity contribution in [3.63, 3.8) is 0 Å². The number of carbonyl (C=O) groups excluding carboxylic acids is 1. The van der Waals surface area contributed by atoms with Crippen molar-refractivity contribution in [2.45, 2.75) is 59.3 Å². The van der Waals surface area contributed by atoms with Gasteiger partial charge in [0.05, 0.1) is 6.61 Å². The van der Waals surface area contributed by atoms with Gasteiger partial charge in [-0.2, -0.15) is 5.26 Å². The van der Waals surface area contributed by atoms with Gasteiger partial charge in [-0.15, -0.1) is 0 Å². The topological polar surface area (TPSA) is 50.1 Å². The maximum atomic E-state index is 11.5. The number of nitriles is 1. The molecule has 0 aliphatic rings. The summed E-state index contributed by atoms with van der Waals surface area (Å²) in [6.07, 6.45) is 8.38. The van der Waals surface area contributed by atoms with E-state index in [1.165, 1.54) is 19.3 Å². The minimum atomic E-state index is -0.486. The summed E-state index contributed by atoms with van der Waals surface area (Å²) in [6.45, 7) is 6.49. The van der Waals surface area contributed by atoms with E-state index in [4.69, 9.17) is 10.00 Å². The van der Waals surface area contributed by atoms with Gasteiger partial charge in [-0.05, 0) is 18.8 Å². The maximum Gasteiger partial charge on any atom is 0.348 e. The summed E-state index contributed by atoms with van der Waals surface area (Å²) in [5.74, 6) is -0.192. The van der Waals surface area contributed by atoms with E-state index in [1.54, 1.807) is 6.08 Å². The Morgan fingerprint density at radius 3 is 2.50 bits per heavy atom. The van der Waals surface area contributed by atoms with E-state index in [2.05, 4.69) is 6.92 Å². The molecule has 0 aromatic rings. The standard InChI is InChI=1S/C15H25NO2/c1-4-5-6-7-8-9-10-14(11-16)15(17)18-12-13(2)3/h10,13H,4-9,12H2,1-3H3. The Bertz CT molecular complexity index is 300. The molecule has 0 heterocycles. The largest absolute Gasteiger partial charge is 0.461 e. The van der Waals surface area contributed by atoms with Crippen molar-refractivity contribution in [1.29, 1.82) is 5.26 Å². The third-order valence-electron chi connectivity index (χ3n) is 2.54. The highest BCUT2D eigenvalue weighted by Crippen LogP contribution is 2.08. The molecule has 0 N–H and O–H groups in total. The second-order valence-electron chi connectivity index (χ2n) is 4.92. The number of hydrogen-bond acceptors (Lipinski definition) is 3. The van der Waals surface area contributed by atoms with Crippen LogP contribution in [0.3, 0.4) is 0 Å². The molecular weight excluding hydrogens is 226 g/mol. The fourth-order valence-electron chi connectivity index (χ4n) is 1.49. The van der Waals surface area contributed by atoms with Crippen molar-refractivity contribution < 1.29 is 9.53 Å². The van der Waals surface area contributed by atoms with Gasteiger partial charge in [0.25, 0.3) is 0 Å². The average Bonchev–Trinajstić information content (AvgIpc) is 2.35. The molecule has 0 radical (unpaired) electrons. The highest BCUT2D eigenvalue weighted by atomic mass is 16.5. The van der Waals surface area contributed by atoms with Crippen molar-refractivity contribution in [3.8, 4) is 6.07 Å². The highest BCUT2D eigenvalue weighted by Gasteiger charge is 2.10. The molecule has 0 unspecified atom stereocenters. The Morgan fingerprint density at radius 1 is 1.28 bits per heavy atom. The summed E-state index contributed by atoms with van der Waals surface area (Å²) in [7, 11) is 0. The third-order valence-corrected chi connectivity index (χ3v) is 2.54. The van der Waals surface area contributed by atoms with Crippen molar-refractivity contribution in [1.82, 2.24) is 0 Å². The second kappa shape index (κ2) is 10.8. The summed E-state index contributed by atoms with van der Waals surface area (Å²) in [6, 6.07) is 1.91. The summed E-state index contributed by atoms with van der Waals surface area (Å²) >= 11 is 0. The molecule has 0 saturated heterocycles. The Labute approximate surface area is 111 Å². The van der Waals surface area contributed by atoms with E-state index in [1.807, 2.05) is 19.9 Å². The number of ether oxygens (including phenoxy) is 1. The molecule has 0 fully saturated rings. The van der Waals surface area contributed by atoms with Crippen LogP contribution in [0.4, 0.5) is 0 Å². The fourth-order valence-corrected chi connectivity index (χ4v) is 1.49. The number of rotatable bonds is 9. The molecule has 0 bridgehead atoms. The number of carbonyl (C=O) groups is 1. The monoisotopic (exact) mass is 251 g/mol. The van der Waals surface area contributed by atoms with Gasteiger partial charge in [0.1, 0.15) is 11.6 Å². The van der Waals surface area contributed by atoms with Crippen molar-refractivity contribution in [2.75, 3.05) is 6.61 Å². The van der Waals surface area contributed by atoms with E-state index in [0.29, 0.717) is 12.5 Å². The van der Waals surface area contributed by atoms with Gasteiger partial charge in [0, 0.05) is 0 Å². The van der Waals surface area contributed by atoms with Gasteiger partial charge in [0.2, 0.25) is 0 Å². The predicted octanol–water partition coefficient (Wildman–Crippen LogP) is 4.00. The van der Waals surface area contributed by atoms with Crippen LogP contribution in [-0.2, 0) is 9.53 Å². The number of esters is 1. The molecule has 0 saturated carbocycles. The molecule has 0 aromatic heterocycles. The van der Waals surface area contributed by atoms with E-state index in [-0.39, 0.29) is 5.57 Å². The van der Waals surface area contributed by atoms with Crippen LogP contribution in [-0.4, -0.2) is 12.6 Å². The van der Waals surface area contributed by atoms with Crippen LogP contribution in [0.2, 0.25) is 0 Å². The quantitative estimate of drug-likeness (QED) is 0.269. The van der Waals surface area contributed by atoms with E-state index >= 15 is 0 Å². The predicted molar refractivity (Wildman–Crippen MR) is 72.9 cm³/mol. The molecule has 0 aromatic carbocycles. The van der Waals surface area contributed by atoms with Gasteiger partial charge < -0.3 is 4.74 Å². The third kappa shape index (κ3) is 8.81. The molecule has 0 rings (SSSR count). The zero-order valence-corrected chi connectivity index (χ0v) is 11.9. The smallest absolute Gasteiger partial charge is 0.348 e. The fraction of sp³-hybridized carbons (Fsp3) is 0.733. The van der Waals surface area contributed by atoms with Gasteiger partial charge in [-0.3, -0.25) is 0 Å². The number of allylic oxidation sites excluding steroid dienone is 1. The van der Waals surface area contributed by atoms with Crippen molar-refractivity contribution >= 4 is 5.97 Å². The van der Waals surface area contributed by atoms with Gasteiger partial charge in [-0.25, -0.2) is 4.79 Å². The molecule has 3 nitrogen and oxygen atoms in total. The Hall–Kier alpha value is -1.30. The molecule has 0 aliphatic carbocycles. The van der Waals surface area contributed by atoms with Crippen molar-refractivity contribution in [3.05, 3.63) is 11.6 Å². The number of hydrogen-bond donors (Lipinski definition) is 0. The maximum absolute atomic E-state index is 11.5. The lowest BCUT2D eigenvalue weighted by atomic mass is 10.1. The molecule has 18 heavy (non-hydrogen) atoms. The molecule has 102 valence electrons. The highest BCUT2D eigenvalue weighted by molar-refractivity contribution is 5.92. The Balaban J connectivity index is 3.93. The minimum absolute atomic E-state index is 0.145. The van der Waals surface area contributed by atoms with Gasteiger partial charge in [-0.1, -0.05) is 52.5 Å². The minimum Gasteiger partial charge on any atom is -0.461 e. The van der Waals surface area contributed by atoms with Crippen LogP contribution in [0.1, 0.15) is 59.3 Å². The lowest BCUT2D eigenvalue weighted by Gasteiger charge is -2.05. The first-order chi connectivity index (χ1) is 8.61. The summed E-state index contributed by atoms with van der Waals surface area (Å²) in [5, 5.41) is 8.88. The van der Waals surface area contributed by atoms with E-state index in [9.17, 15) is 4.79 Å². The Kier molecular flexibility index (Phi) is 10.0. The second-order valence-corrected chi connectivity index (χ2v) is 4.92. The SMILES string of the molecule is CCCCCCCC=C(C#N)C(=O)OCC(C)C. The zero-order valence-electron chi connectivity index (χ0n) is 11.9. The Morgan fingerprint density at radius 2 is 1.94 bits per heavy atom. The van der Waals surface area contributed by atoms with E-state index < -0.39 is 5.97 Å². The molecule has 0 aliphatic heterocycles. The summed E-state index contributed by atoms with van der Waals surface area (Å²) in [5.41, 5.74) is 0.145. The van der Waals surface area contributed by atoms with Crippen LogP contribution in [0.5, 0.6) is 0 Å². The summed E-state index contributed by atoms with van der Waals surface area (Å²) in [4.78, 5) is 11.5. The first kappa shape index (κ1) is 16.7. The van der Waals surface area contributed by atoms with Crippen LogP contribution >= 0.6 is 0 Å². The average molecular weight is 251 g/mol. The van der Waals surface area contributed by atoms with Crippen LogP contribution in [0.25, 0.3) is 0 Å². The van der Waals surface area contributed by atoms with E-state index in [0.717, 1.165) is 19.3 Å². The lowest BCUT2D eigenvalue weighted by molar-refractivity contribution is -0.139. The van der Waals surface area contributed by atoms with Crippen LogP contribution < -0.4 is 0 Å². The first-order valence-electron chi connectivity index (χ1n) is 6.89. The zero-order chi connectivity index (χ0) is 13.8. The first-order valence-corrected chi connectivity index (χ1v) is 6.89. The lowest BCUT2D eigenvalue weighted by Crippen LogP contribution is -2.11. The molecule has 0 spiro atoms. The summed E-state index contributed by atoms with van der Waals surface area (Å²) < 4.78 is 5.02. The molecular formula is C15H25NO2. The molecule has 0 atom stereocenters. The van der Waals surface area contributed by atoms with Gasteiger partial charge >= 0.3 is 5.97 Å². The number of nitrogens with zero attached hydrogens (tertiary/aromatic N) is 1. The van der Waals surface area contributed by atoms with Crippen molar-refractivity contribution in [2.24, 2.45) is 5.92 Å². The number of unbranched alkanes of at least 4 members (excludes halogenated alkanes) is 5. The normalized spacial score (nSPS) is 11.4. The van der Waals surface area contributed by atoms with Gasteiger partial charge in [0.15, 0.2) is 0 Å². The molecule has 0 amide bonds.